The number of methoxy groups -OCH3 is 3. The standard InChI is InChI=1S/C21H23ClO7/c1-5-8-28-20-16(22)9-13(10-19(20)27-4)21(24)29-12-17(23)15-7-6-14(25-2)11-18(15)26-3/h6-7,9-11H,5,8,12H2,1-4H3. The van der Waals surface area contributed by atoms with Gasteiger partial charge in [0.05, 0.1) is 44.1 Å². The van der Waals surface area contributed by atoms with Gasteiger partial charge in [-0.05, 0) is 30.7 Å². The summed E-state index contributed by atoms with van der Waals surface area (Å²) in [5, 5.41) is 0.216. The first-order chi connectivity index (χ1) is 13.9. The normalized spacial score (nSPS) is 10.2. The number of hydrogen-bond acceptors (Lipinski definition) is 7. The third-order valence-corrected chi connectivity index (χ3v) is 4.24. The van der Waals surface area contributed by atoms with Crippen LogP contribution < -0.4 is 18.9 Å². The quantitative estimate of drug-likeness (QED) is 0.419. The summed E-state index contributed by atoms with van der Waals surface area (Å²) in [6.45, 7) is 1.95. The molecule has 0 atom stereocenters. The van der Waals surface area contributed by atoms with Crippen LogP contribution in [0, 0.1) is 0 Å². The Bertz CT molecular complexity index is 880. The number of carbonyl (C=O) groups is 2. The second kappa shape index (κ2) is 10.6. The summed E-state index contributed by atoms with van der Waals surface area (Å²) in [6, 6.07) is 7.62. The fourth-order valence-electron chi connectivity index (χ4n) is 2.50. The van der Waals surface area contributed by atoms with Crippen LogP contribution in [0.3, 0.4) is 0 Å². The number of esters is 1. The fraction of sp³-hybridized carbons (Fsp3) is 0.333. The molecular formula is C21H23ClO7. The van der Waals surface area contributed by atoms with Gasteiger partial charge in [0, 0.05) is 6.07 Å². The molecule has 7 nitrogen and oxygen atoms in total. The third kappa shape index (κ3) is 5.54. The minimum Gasteiger partial charge on any atom is -0.497 e. The van der Waals surface area contributed by atoms with Gasteiger partial charge in [0.2, 0.25) is 5.78 Å². The minimum atomic E-state index is -0.715. The van der Waals surface area contributed by atoms with Crippen molar-refractivity contribution in [2.45, 2.75) is 13.3 Å². The maximum Gasteiger partial charge on any atom is 0.338 e. The van der Waals surface area contributed by atoms with Crippen LogP contribution in [0.4, 0.5) is 0 Å². The first kappa shape index (κ1) is 22.4. The lowest BCUT2D eigenvalue weighted by molar-refractivity contribution is 0.0473. The molecule has 29 heavy (non-hydrogen) atoms. The van der Waals surface area contributed by atoms with Gasteiger partial charge in [-0.15, -0.1) is 0 Å². The number of carbonyl (C=O) groups excluding carboxylic acids is 2. The van der Waals surface area contributed by atoms with E-state index in [1.54, 1.807) is 18.2 Å². The molecule has 8 heteroatoms. The SMILES string of the molecule is CCCOc1c(Cl)cc(C(=O)OCC(=O)c2ccc(OC)cc2OC)cc1OC. The largest absolute Gasteiger partial charge is 0.497 e. The smallest absolute Gasteiger partial charge is 0.338 e. The summed E-state index contributed by atoms with van der Waals surface area (Å²) in [7, 11) is 4.39. The molecule has 0 fully saturated rings. The van der Waals surface area contributed by atoms with Gasteiger partial charge in [-0.2, -0.15) is 0 Å². The van der Waals surface area contributed by atoms with E-state index in [1.165, 1.54) is 33.5 Å². The molecule has 0 amide bonds. The van der Waals surface area contributed by atoms with Crippen molar-refractivity contribution in [3.8, 4) is 23.0 Å². The zero-order chi connectivity index (χ0) is 21.4. The molecule has 0 aliphatic carbocycles. The molecule has 0 unspecified atom stereocenters. The highest BCUT2D eigenvalue weighted by Crippen LogP contribution is 2.36. The first-order valence-corrected chi connectivity index (χ1v) is 9.25. The summed E-state index contributed by atoms with van der Waals surface area (Å²) in [6.07, 6.45) is 0.792. The number of hydrogen-bond donors (Lipinski definition) is 0. The number of ketones is 1. The Morgan fingerprint density at radius 2 is 1.69 bits per heavy atom. The molecule has 0 aliphatic heterocycles. The van der Waals surface area contributed by atoms with Crippen molar-refractivity contribution in [3.05, 3.63) is 46.5 Å². The molecule has 0 aromatic heterocycles. The fourth-order valence-corrected chi connectivity index (χ4v) is 2.77. The lowest BCUT2D eigenvalue weighted by Gasteiger charge is -2.13. The molecule has 0 saturated carbocycles. The van der Waals surface area contributed by atoms with Gasteiger partial charge in [-0.25, -0.2) is 4.79 Å². The van der Waals surface area contributed by atoms with Gasteiger partial charge < -0.3 is 23.7 Å². The zero-order valence-electron chi connectivity index (χ0n) is 16.7. The molecule has 0 radical (unpaired) electrons. The van der Waals surface area contributed by atoms with Crippen LogP contribution in [0.5, 0.6) is 23.0 Å². The van der Waals surface area contributed by atoms with Crippen LogP contribution in [-0.4, -0.2) is 46.3 Å². The van der Waals surface area contributed by atoms with Crippen LogP contribution in [0.15, 0.2) is 30.3 Å². The van der Waals surface area contributed by atoms with E-state index in [1.807, 2.05) is 6.92 Å². The number of Topliss-reactive ketones (excluding diaryl/α,β-unsaturated/α-hetero) is 1. The molecule has 2 rings (SSSR count). The molecule has 0 bridgehead atoms. The van der Waals surface area contributed by atoms with E-state index in [2.05, 4.69) is 0 Å². The van der Waals surface area contributed by atoms with Crippen LogP contribution in [0.1, 0.15) is 34.1 Å². The summed E-state index contributed by atoms with van der Waals surface area (Å²) in [5.41, 5.74) is 0.422. The Kier molecular flexibility index (Phi) is 8.15. The zero-order valence-corrected chi connectivity index (χ0v) is 17.5. The predicted molar refractivity (Wildman–Crippen MR) is 108 cm³/mol. The van der Waals surface area contributed by atoms with Crippen LogP contribution in [0.25, 0.3) is 0 Å². The van der Waals surface area contributed by atoms with Crippen LogP contribution in [0.2, 0.25) is 5.02 Å². The molecule has 2 aromatic carbocycles. The third-order valence-electron chi connectivity index (χ3n) is 3.96. The van der Waals surface area contributed by atoms with Gasteiger partial charge in [0.1, 0.15) is 11.5 Å². The molecule has 0 saturated heterocycles. The summed E-state index contributed by atoms with van der Waals surface area (Å²) >= 11 is 6.21. The topological polar surface area (TPSA) is 80.3 Å². The molecule has 0 aliphatic rings. The van der Waals surface area contributed by atoms with Gasteiger partial charge in [0.25, 0.3) is 0 Å². The summed E-state index contributed by atoms with van der Waals surface area (Å²) in [4.78, 5) is 24.9. The van der Waals surface area contributed by atoms with Crippen molar-refractivity contribution in [1.29, 1.82) is 0 Å². The number of halogens is 1. The lowest BCUT2D eigenvalue weighted by atomic mass is 10.1. The van der Waals surface area contributed by atoms with Crippen molar-refractivity contribution in [2.24, 2.45) is 0 Å². The van der Waals surface area contributed by atoms with Gasteiger partial charge in [0.15, 0.2) is 18.1 Å². The molecule has 0 spiro atoms. The molecular weight excluding hydrogens is 400 g/mol. The number of ether oxygens (including phenoxy) is 5. The van der Waals surface area contributed by atoms with Crippen LogP contribution >= 0.6 is 11.6 Å². The van der Waals surface area contributed by atoms with E-state index in [-0.39, 0.29) is 16.1 Å². The highest BCUT2D eigenvalue weighted by Gasteiger charge is 2.19. The van der Waals surface area contributed by atoms with Gasteiger partial charge in [-0.1, -0.05) is 18.5 Å². The molecule has 0 N–H and O–H groups in total. The number of rotatable bonds is 10. The van der Waals surface area contributed by atoms with Crippen molar-refractivity contribution in [3.63, 3.8) is 0 Å². The Morgan fingerprint density at radius 3 is 2.31 bits per heavy atom. The summed E-state index contributed by atoms with van der Waals surface area (Å²) < 4.78 is 26.3. The lowest BCUT2D eigenvalue weighted by Crippen LogP contribution is -2.15. The van der Waals surface area contributed by atoms with Crippen molar-refractivity contribution < 1.29 is 33.3 Å². The van der Waals surface area contributed by atoms with E-state index < -0.39 is 18.4 Å². The monoisotopic (exact) mass is 422 g/mol. The average molecular weight is 423 g/mol. The first-order valence-electron chi connectivity index (χ1n) is 8.87. The van der Waals surface area contributed by atoms with Crippen LogP contribution in [-0.2, 0) is 4.74 Å². The Labute approximate surface area is 174 Å². The Morgan fingerprint density at radius 1 is 0.966 bits per heavy atom. The minimum absolute atomic E-state index is 0.144. The van der Waals surface area contributed by atoms with E-state index in [9.17, 15) is 9.59 Å². The summed E-state index contributed by atoms with van der Waals surface area (Å²) in [5.74, 6) is 0.398. The highest BCUT2D eigenvalue weighted by molar-refractivity contribution is 6.32. The van der Waals surface area contributed by atoms with E-state index >= 15 is 0 Å². The van der Waals surface area contributed by atoms with Gasteiger partial charge in [-0.3, -0.25) is 4.79 Å². The molecule has 0 heterocycles. The van der Waals surface area contributed by atoms with Crippen molar-refractivity contribution in [2.75, 3.05) is 34.5 Å². The van der Waals surface area contributed by atoms with Gasteiger partial charge >= 0.3 is 5.97 Å². The highest BCUT2D eigenvalue weighted by atomic mass is 35.5. The maximum absolute atomic E-state index is 12.5. The predicted octanol–water partition coefficient (Wildman–Crippen LogP) is 4.19. The van der Waals surface area contributed by atoms with E-state index in [0.717, 1.165) is 6.42 Å². The van der Waals surface area contributed by atoms with Crippen molar-refractivity contribution >= 4 is 23.4 Å². The second-order valence-corrected chi connectivity index (χ2v) is 6.31. The van der Waals surface area contributed by atoms with E-state index in [4.69, 9.17) is 35.3 Å². The molecule has 156 valence electrons. The average Bonchev–Trinajstić information content (AvgIpc) is 2.75. The Hall–Kier alpha value is -2.93. The number of benzene rings is 2. The van der Waals surface area contributed by atoms with Crippen molar-refractivity contribution in [1.82, 2.24) is 0 Å². The van der Waals surface area contributed by atoms with E-state index in [0.29, 0.717) is 29.6 Å². The second-order valence-electron chi connectivity index (χ2n) is 5.90. The maximum atomic E-state index is 12.5. The Balaban J connectivity index is 2.13. The molecule has 2 aromatic rings.